The van der Waals surface area contributed by atoms with Gasteiger partial charge in [-0.05, 0) is 37.1 Å². The van der Waals surface area contributed by atoms with Crippen molar-refractivity contribution >= 4 is 11.6 Å². The Bertz CT molecular complexity index is 661. The van der Waals surface area contributed by atoms with Crippen molar-refractivity contribution < 1.29 is 9.47 Å². The molecule has 2 aromatic carbocycles. The minimum absolute atomic E-state index is 0.493. The molecule has 0 bridgehead atoms. The van der Waals surface area contributed by atoms with E-state index in [1.807, 2.05) is 49.4 Å². The molecule has 2 rings (SSSR count). The minimum Gasteiger partial charge on any atom is -0.490 e. The highest BCUT2D eigenvalue weighted by Crippen LogP contribution is 2.34. The van der Waals surface area contributed by atoms with Crippen LogP contribution in [0.2, 0.25) is 5.02 Å². The van der Waals surface area contributed by atoms with Crippen molar-refractivity contribution in [3.05, 3.63) is 58.6 Å². The maximum absolute atomic E-state index is 6.49. The molecule has 148 valence electrons. The summed E-state index contributed by atoms with van der Waals surface area (Å²) in [5.41, 5.74) is 2.16. The molecule has 0 unspecified atom stereocenters. The van der Waals surface area contributed by atoms with Crippen molar-refractivity contribution in [3.63, 3.8) is 0 Å². The Morgan fingerprint density at radius 3 is 2.37 bits per heavy atom. The molecular weight excluding hydrogens is 358 g/mol. The van der Waals surface area contributed by atoms with E-state index in [2.05, 4.69) is 12.2 Å². The second kappa shape index (κ2) is 12.6. The highest BCUT2D eigenvalue weighted by atomic mass is 35.5. The number of unbranched alkanes of at least 4 members (excludes halogenated alkanes) is 4. The molecule has 1 N–H and O–H groups in total. The Morgan fingerprint density at radius 1 is 0.889 bits per heavy atom. The van der Waals surface area contributed by atoms with Gasteiger partial charge in [0.15, 0.2) is 11.5 Å². The van der Waals surface area contributed by atoms with Crippen LogP contribution >= 0.6 is 11.6 Å². The third-order valence-corrected chi connectivity index (χ3v) is 4.77. The van der Waals surface area contributed by atoms with Gasteiger partial charge in [0.05, 0.1) is 6.61 Å². The summed E-state index contributed by atoms with van der Waals surface area (Å²) in [7, 11) is 0. The fourth-order valence-corrected chi connectivity index (χ4v) is 3.13. The van der Waals surface area contributed by atoms with Gasteiger partial charge in [-0.1, -0.05) is 74.5 Å². The monoisotopic (exact) mass is 389 g/mol. The van der Waals surface area contributed by atoms with Crippen molar-refractivity contribution in [2.24, 2.45) is 0 Å². The second-order valence-corrected chi connectivity index (χ2v) is 7.10. The van der Waals surface area contributed by atoms with Crippen molar-refractivity contribution in [1.29, 1.82) is 0 Å². The van der Waals surface area contributed by atoms with Crippen LogP contribution in [0.5, 0.6) is 11.5 Å². The summed E-state index contributed by atoms with van der Waals surface area (Å²) in [4.78, 5) is 0. The minimum atomic E-state index is 0.493. The van der Waals surface area contributed by atoms with E-state index in [1.54, 1.807) is 0 Å². The third-order valence-electron chi connectivity index (χ3n) is 4.42. The van der Waals surface area contributed by atoms with E-state index < -0.39 is 0 Å². The maximum Gasteiger partial charge on any atom is 0.163 e. The van der Waals surface area contributed by atoms with E-state index in [9.17, 15) is 0 Å². The summed E-state index contributed by atoms with van der Waals surface area (Å²) < 4.78 is 11.7. The summed E-state index contributed by atoms with van der Waals surface area (Å²) in [5.74, 6) is 1.44. The number of nitrogens with one attached hydrogen (secondary N) is 1. The maximum atomic E-state index is 6.49. The Balaban J connectivity index is 1.91. The van der Waals surface area contributed by atoms with Gasteiger partial charge < -0.3 is 14.8 Å². The van der Waals surface area contributed by atoms with Crippen LogP contribution < -0.4 is 14.8 Å². The fraction of sp³-hybridized carbons (Fsp3) is 0.478. The summed E-state index contributed by atoms with van der Waals surface area (Å²) in [6, 6.07) is 14.0. The van der Waals surface area contributed by atoms with E-state index in [0.717, 1.165) is 30.0 Å². The van der Waals surface area contributed by atoms with E-state index in [0.29, 0.717) is 24.0 Å². The van der Waals surface area contributed by atoms with Crippen LogP contribution in [0, 0.1) is 0 Å². The fourth-order valence-electron chi connectivity index (χ4n) is 2.91. The van der Waals surface area contributed by atoms with Gasteiger partial charge in [0.1, 0.15) is 6.61 Å². The Hall–Kier alpha value is -1.71. The topological polar surface area (TPSA) is 30.5 Å². The predicted octanol–water partition coefficient (Wildman–Crippen LogP) is 6.38. The number of halogens is 1. The molecule has 0 heterocycles. The van der Waals surface area contributed by atoms with Crippen molar-refractivity contribution in [3.8, 4) is 11.5 Å². The quantitative estimate of drug-likeness (QED) is 0.403. The smallest absolute Gasteiger partial charge is 0.163 e. The van der Waals surface area contributed by atoms with E-state index in [1.165, 1.54) is 32.1 Å². The van der Waals surface area contributed by atoms with Crippen LogP contribution in [0.4, 0.5) is 0 Å². The van der Waals surface area contributed by atoms with E-state index in [4.69, 9.17) is 21.1 Å². The summed E-state index contributed by atoms with van der Waals surface area (Å²) in [6.45, 7) is 7.05. The van der Waals surface area contributed by atoms with Crippen LogP contribution in [0.25, 0.3) is 0 Å². The van der Waals surface area contributed by atoms with E-state index in [-0.39, 0.29) is 0 Å². The van der Waals surface area contributed by atoms with Gasteiger partial charge in [-0.3, -0.25) is 0 Å². The van der Waals surface area contributed by atoms with Crippen LogP contribution in [0.15, 0.2) is 42.5 Å². The average Bonchev–Trinajstić information content (AvgIpc) is 2.69. The molecule has 0 aliphatic carbocycles. The van der Waals surface area contributed by atoms with Crippen LogP contribution in [0.1, 0.15) is 57.1 Å². The number of hydrogen-bond acceptors (Lipinski definition) is 3. The van der Waals surface area contributed by atoms with Crippen molar-refractivity contribution in [2.45, 2.75) is 59.1 Å². The molecule has 4 heteroatoms. The molecule has 0 radical (unpaired) electrons. The summed E-state index contributed by atoms with van der Waals surface area (Å²) >= 11 is 6.49. The zero-order chi connectivity index (χ0) is 19.3. The van der Waals surface area contributed by atoms with Crippen LogP contribution in [-0.2, 0) is 13.2 Å². The highest BCUT2D eigenvalue weighted by Gasteiger charge is 2.11. The Kier molecular flexibility index (Phi) is 10.1. The predicted molar refractivity (Wildman–Crippen MR) is 114 cm³/mol. The SMILES string of the molecule is CCCCCCCNCc1cc(OCC)c(OCc2ccccc2)cc1Cl. The second-order valence-electron chi connectivity index (χ2n) is 6.69. The molecule has 0 spiro atoms. The highest BCUT2D eigenvalue weighted by molar-refractivity contribution is 6.31. The van der Waals surface area contributed by atoms with Gasteiger partial charge in [0, 0.05) is 17.6 Å². The lowest BCUT2D eigenvalue weighted by molar-refractivity contribution is 0.269. The lowest BCUT2D eigenvalue weighted by Gasteiger charge is -2.15. The van der Waals surface area contributed by atoms with Crippen LogP contribution in [-0.4, -0.2) is 13.2 Å². The van der Waals surface area contributed by atoms with Gasteiger partial charge in [0.25, 0.3) is 0 Å². The number of rotatable bonds is 13. The van der Waals surface area contributed by atoms with Gasteiger partial charge in [-0.2, -0.15) is 0 Å². The lowest BCUT2D eigenvalue weighted by Crippen LogP contribution is -2.15. The first-order valence-corrected chi connectivity index (χ1v) is 10.4. The molecule has 0 atom stereocenters. The van der Waals surface area contributed by atoms with Crippen molar-refractivity contribution in [1.82, 2.24) is 5.32 Å². The summed E-state index contributed by atoms with van der Waals surface area (Å²) in [6.07, 6.45) is 6.41. The standard InChI is InChI=1S/C23H32ClNO2/c1-3-5-6-7-11-14-25-17-20-15-22(26-4-2)23(16-21(20)24)27-18-19-12-9-8-10-13-19/h8-10,12-13,15-16,25H,3-7,11,14,17-18H2,1-2H3. The molecular formula is C23H32ClNO2. The van der Waals surface area contributed by atoms with Crippen molar-refractivity contribution in [2.75, 3.05) is 13.2 Å². The molecule has 0 fully saturated rings. The largest absolute Gasteiger partial charge is 0.490 e. The number of ether oxygens (including phenoxy) is 2. The van der Waals surface area contributed by atoms with Gasteiger partial charge in [-0.25, -0.2) is 0 Å². The molecule has 2 aromatic rings. The van der Waals surface area contributed by atoms with Gasteiger partial charge >= 0.3 is 0 Å². The molecule has 0 saturated carbocycles. The van der Waals surface area contributed by atoms with Gasteiger partial charge in [-0.15, -0.1) is 0 Å². The molecule has 0 saturated heterocycles. The first-order chi connectivity index (χ1) is 13.2. The molecule has 27 heavy (non-hydrogen) atoms. The Morgan fingerprint density at radius 2 is 1.63 bits per heavy atom. The molecule has 0 aliphatic rings. The average molecular weight is 390 g/mol. The molecule has 0 aromatic heterocycles. The van der Waals surface area contributed by atoms with Gasteiger partial charge in [0.2, 0.25) is 0 Å². The van der Waals surface area contributed by atoms with Crippen LogP contribution in [0.3, 0.4) is 0 Å². The third kappa shape index (κ3) is 7.82. The first-order valence-electron chi connectivity index (χ1n) is 10.1. The zero-order valence-corrected chi connectivity index (χ0v) is 17.4. The summed E-state index contributed by atoms with van der Waals surface area (Å²) in [5, 5.41) is 4.19. The molecule has 3 nitrogen and oxygen atoms in total. The van der Waals surface area contributed by atoms with E-state index >= 15 is 0 Å². The Labute approximate surface area is 169 Å². The first kappa shape index (κ1) is 21.6. The zero-order valence-electron chi connectivity index (χ0n) is 16.6. The number of benzene rings is 2. The molecule has 0 amide bonds. The molecule has 0 aliphatic heterocycles. The number of hydrogen-bond donors (Lipinski definition) is 1. The lowest BCUT2D eigenvalue weighted by atomic mass is 10.1. The normalized spacial score (nSPS) is 10.8.